The van der Waals surface area contributed by atoms with Gasteiger partial charge in [0.2, 0.25) is 0 Å². The fourth-order valence-corrected chi connectivity index (χ4v) is 7.56. The van der Waals surface area contributed by atoms with Crippen LogP contribution in [0, 0.1) is 87.3 Å². The maximum Gasteiger partial charge on any atom is 0.200 e. The van der Waals surface area contributed by atoms with Gasteiger partial charge >= 0.3 is 0 Å². The van der Waals surface area contributed by atoms with Gasteiger partial charge in [0.25, 0.3) is 0 Å². The summed E-state index contributed by atoms with van der Waals surface area (Å²) in [5.41, 5.74) is -6.19. The molecular formula is C41H43BF15N. The average Bonchev–Trinajstić information content (AvgIpc) is 3.22. The van der Waals surface area contributed by atoms with Crippen molar-refractivity contribution in [1.82, 2.24) is 0 Å². The third-order valence-electron chi connectivity index (χ3n) is 10.5. The molecule has 0 heterocycles. The van der Waals surface area contributed by atoms with Crippen LogP contribution in [0.15, 0.2) is 30.3 Å². The molecule has 0 aliphatic heterocycles. The van der Waals surface area contributed by atoms with Crippen molar-refractivity contribution in [2.75, 3.05) is 19.6 Å². The fourth-order valence-electron chi connectivity index (χ4n) is 7.56. The maximum atomic E-state index is 15.1. The van der Waals surface area contributed by atoms with E-state index < -0.39 is 123 Å². The number of unbranched alkanes of at least 4 members (excludes halogenated alkanes) is 4. The molecule has 0 aliphatic rings. The smallest absolute Gasteiger partial charge is 0.200 e. The van der Waals surface area contributed by atoms with Gasteiger partial charge in [0.1, 0.15) is 47.6 Å². The topological polar surface area (TPSA) is 0 Å². The summed E-state index contributed by atoms with van der Waals surface area (Å²) >= 11 is 0. The zero-order chi connectivity index (χ0) is 43.7. The van der Waals surface area contributed by atoms with Gasteiger partial charge in [-0.1, -0.05) is 90.1 Å². The molecule has 0 aliphatic carbocycles. The molecule has 0 bridgehead atoms. The molecule has 320 valence electrons. The molecular weight excluding hydrogens is 802 g/mol. The standard InChI is InChI=1S/C22H9BF15.C19H34N/c1-2-3-4-23(5-8(24)14(30)20(36)15(31)9(5)25,6-10(26)16(32)21(37)17(33)11(6)27)7-12(28)18(34)22(38)19(35)13(7)29;1-4-7-15-20(16-8-5-2,17-9-6-3)18-19-13-11-10-12-14-19/h2-4H2,1H3;10-14H,4-9,15-18H2,1-3H3/q-1;+1. The van der Waals surface area contributed by atoms with Crippen LogP contribution in [0.4, 0.5) is 65.9 Å². The molecule has 4 aromatic rings. The molecule has 0 unspecified atom stereocenters. The van der Waals surface area contributed by atoms with Crippen LogP contribution in [0.5, 0.6) is 0 Å². The van der Waals surface area contributed by atoms with Crippen LogP contribution < -0.4 is 16.4 Å². The Kier molecular flexibility index (Phi) is 17.2. The zero-order valence-corrected chi connectivity index (χ0v) is 32.3. The van der Waals surface area contributed by atoms with Gasteiger partial charge in [-0.3, -0.25) is 0 Å². The van der Waals surface area contributed by atoms with Crippen LogP contribution >= 0.6 is 0 Å². The second kappa shape index (κ2) is 20.7. The van der Waals surface area contributed by atoms with Crippen LogP contribution in [0.1, 0.15) is 84.6 Å². The summed E-state index contributed by atoms with van der Waals surface area (Å²) in [7, 11) is 0. The molecule has 58 heavy (non-hydrogen) atoms. The van der Waals surface area contributed by atoms with Crippen molar-refractivity contribution in [3.05, 3.63) is 123 Å². The lowest BCUT2D eigenvalue weighted by Gasteiger charge is -2.44. The minimum atomic E-state index is -5.41. The first kappa shape index (κ1) is 48.2. The lowest BCUT2D eigenvalue weighted by molar-refractivity contribution is -0.941. The Morgan fingerprint density at radius 3 is 0.879 bits per heavy atom. The molecule has 4 aromatic carbocycles. The first-order chi connectivity index (χ1) is 27.3. The number of quaternary nitrogens is 1. The third kappa shape index (κ3) is 9.49. The predicted octanol–water partition coefficient (Wildman–Crippen LogP) is 11.4. The van der Waals surface area contributed by atoms with E-state index in [0.717, 1.165) is 0 Å². The third-order valence-corrected chi connectivity index (χ3v) is 10.5. The summed E-state index contributed by atoms with van der Waals surface area (Å²) in [6, 6.07) is 11.1. The van der Waals surface area contributed by atoms with Gasteiger partial charge < -0.3 is 4.48 Å². The van der Waals surface area contributed by atoms with E-state index in [2.05, 4.69) is 51.1 Å². The van der Waals surface area contributed by atoms with Gasteiger partial charge in [-0.25, -0.2) is 65.9 Å². The minimum Gasteiger partial charge on any atom is -0.320 e. The van der Waals surface area contributed by atoms with Crippen molar-refractivity contribution in [2.45, 2.75) is 91.9 Å². The van der Waals surface area contributed by atoms with Gasteiger partial charge in [0, 0.05) is 5.56 Å². The van der Waals surface area contributed by atoms with E-state index in [1.165, 1.54) is 81.7 Å². The Bertz CT molecular complexity index is 1760. The van der Waals surface area contributed by atoms with Crippen molar-refractivity contribution in [2.24, 2.45) is 0 Å². The summed E-state index contributed by atoms with van der Waals surface area (Å²) in [5.74, 6) is -44.7. The predicted molar refractivity (Wildman–Crippen MR) is 193 cm³/mol. The number of hydrogen-bond acceptors (Lipinski definition) is 0. The minimum absolute atomic E-state index is 0.316. The van der Waals surface area contributed by atoms with Crippen LogP contribution in [-0.2, 0) is 6.54 Å². The number of halogens is 15. The normalized spacial score (nSPS) is 11.9. The number of nitrogens with zero attached hydrogens (tertiary/aromatic N) is 1. The molecule has 0 N–H and O–H groups in total. The van der Waals surface area contributed by atoms with E-state index in [-0.39, 0.29) is 6.42 Å². The second-order valence-corrected chi connectivity index (χ2v) is 14.4. The molecule has 17 heteroatoms. The zero-order valence-electron chi connectivity index (χ0n) is 32.3. The molecule has 0 radical (unpaired) electrons. The average molecular weight is 846 g/mol. The monoisotopic (exact) mass is 845 g/mol. The first-order valence-electron chi connectivity index (χ1n) is 19.0. The highest BCUT2D eigenvalue weighted by atomic mass is 19.2. The van der Waals surface area contributed by atoms with E-state index in [1.54, 1.807) is 0 Å². The van der Waals surface area contributed by atoms with Crippen LogP contribution in [0.25, 0.3) is 0 Å². The Labute approximate surface area is 327 Å². The fraction of sp³-hybridized carbons (Fsp3) is 0.415. The lowest BCUT2D eigenvalue weighted by Crippen LogP contribution is -2.73. The van der Waals surface area contributed by atoms with E-state index >= 15 is 26.3 Å². The van der Waals surface area contributed by atoms with E-state index in [4.69, 9.17) is 0 Å². The van der Waals surface area contributed by atoms with Gasteiger partial charge in [0.15, 0.2) is 52.4 Å². The Morgan fingerprint density at radius 2 is 0.621 bits per heavy atom. The maximum absolute atomic E-state index is 15.1. The van der Waals surface area contributed by atoms with Crippen molar-refractivity contribution in [3.63, 3.8) is 0 Å². The van der Waals surface area contributed by atoms with E-state index in [0.29, 0.717) is 0 Å². The molecule has 0 amide bonds. The highest BCUT2D eigenvalue weighted by Gasteiger charge is 2.47. The molecule has 0 saturated heterocycles. The molecule has 1 nitrogen and oxygen atoms in total. The lowest BCUT2D eigenvalue weighted by atomic mass is 9.13. The van der Waals surface area contributed by atoms with Crippen molar-refractivity contribution < 1.29 is 70.3 Å². The molecule has 4 rings (SSSR count). The highest BCUT2D eigenvalue weighted by Crippen LogP contribution is 2.31. The number of rotatable bonds is 17. The second-order valence-electron chi connectivity index (χ2n) is 14.4. The van der Waals surface area contributed by atoms with Crippen LogP contribution in [0.3, 0.4) is 0 Å². The first-order valence-corrected chi connectivity index (χ1v) is 19.0. The van der Waals surface area contributed by atoms with Crippen LogP contribution in [0.2, 0.25) is 6.32 Å². The van der Waals surface area contributed by atoms with Crippen molar-refractivity contribution >= 4 is 22.5 Å². The number of benzene rings is 4. The Balaban J connectivity index is 0.000000379. The summed E-state index contributed by atoms with van der Waals surface area (Å²) in [6.45, 7) is 13.4. The molecule has 0 fully saturated rings. The van der Waals surface area contributed by atoms with Crippen molar-refractivity contribution in [1.29, 1.82) is 0 Å². The summed E-state index contributed by atoms with van der Waals surface area (Å²) in [5, 5.41) is 0. The van der Waals surface area contributed by atoms with Crippen LogP contribution in [-0.4, -0.2) is 30.3 Å². The van der Waals surface area contributed by atoms with Gasteiger partial charge in [-0.15, -0.1) is 16.4 Å². The SMILES string of the molecule is CCCC[B-](c1c(F)c(F)c(F)c(F)c1F)(c1c(F)c(F)c(F)c(F)c1F)c1c(F)c(F)c(F)c(F)c1F.CCCC[N+](CCCC)(CCCC)Cc1ccccc1. The molecule has 0 saturated carbocycles. The molecule has 0 atom stereocenters. The van der Waals surface area contributed by atoms with Gasteiger partial charge in [-0.2, -0.15) is 6.32 Å². The summed E-state index contributed by atoms with van der Waals surface area (Å²) in [6.07, 6.45) is -0.121. The van der Waals surface area contributed by atoms with Gasteiger partial charge in [0.05, 0.1) is 19.6 Å². The summed E-state index contributed by atoms with van der Waals surface area (Å²) < 4.78 is 218. The van der Waals surface area contributed by atoms with Gasteiger partial charge in [-0.05, 0) is 19.3 Å². The van der Waals surface area contributed by atoms with E-state index in [9.17, 15) is 39.5 Å². The molecule has 0 spiro atoms. The van der Waals surface area contributed by atoms with E-state index in [1.807, 2.05) is 0 Å². The molecule has 0 aromatic heterocycles. The summed E-state index contributed by atoms with van der Waals surface area (Å²) in [4.78, 5) is 0. The van der Waals surface area contributed by atoms with Crippen molar-refractivity contribution in [3.8, 4) is 0 Å². The highest BCUT2D eigenvalue weighted by molar-refractivity contribution is 7.11. The number of hydrogen-bond donors (Lipinski definition) is 0. The largest absolute Gasteiger partial charge is 0.320 e. The quantitative estimate of drug-likeness (QED) is 0.0327. The Morgan fingerprint density at radius 1 is 0.362 bits per heavy atom. The Hall–Kier alpha value is -4.15.